The van der Waals surface area contributed by atoms with Gasteiger partial charge in [0.1, 0.15) is 18.2 Å². The minimum Gasteiger partial charge on any atom is -0.491 e. The molecule has 0 spiro atoms. The van der Waals surface area contributed by atoms with Gasteiger partial charge in [-0.15, -0.1) is 0 Å². The Bertz CT molecular complexity index is 700. The highest BCUT2D eigenvalue weighted by Gasteiger charge is 2.15. The number of hydrogen-bond donors (Lipinski definition) is 2. The minimum absolute atomic E-state index is 0.0461. The molecule has 0 aliphatic carbocycles. The first-order valence-electron chi connectivity index (χ1n) is 8.33. The van der Waals surface area contributed by atoms with Crippen molar-refractivity contribution in [3.63, 3.8) is 0 Å². The first kappa shape index (κ1) is 17.2. The Hall–Kier alpha value is -2.60. The van der Waals surface area contributed by atoms with Gasteiger partial charge < -0.3 is 20.1 Å². The highest BCUT2D eigenvalue weighted by atomic mass is 19.1. The molecular weight excluding hydrogens is 323 g/mol. The van der Waals surface area contributed by atoms with Crippen molar-refractivity contribution in [1.29, 1.82) is 0 Å². The van der Waals surface area contributed by atoms with Gasteiger partial charge in [-0.1, -0.05) is 12.1 Å². The number of nitrogens with one attached hydrogen (secondary N) is 2. The van der Waals surface area contributed by atoms with Crippen LogP contribution in [-0.4, -0.2) is 31.8 Å². The lowest BCUT2D eigenvalue weighted by Gasteiger charge is -2.12. The van der Waals surface area contributed by atoms with Crippen molar-refractivity contribution in [3.8, 4) is 5.75 Å². The fourth-order valence-corrected chi connectivity index (χ4v) is 2.57. The molecule has 132 valence electrons. The molecule has 3 rings (SSSR count). The summed E-state index contributed by atoms with van der Waals surface area (Å²) in [7, 11) is 0. The van der Waals surface area contributed by atoms with Crippen molar-refractivity contribution in [1.82, 2.24) is 0 Å². The summed E-state index contributed by atoms with van der Waals surface area (Å²) < 4.78 is 24.7. The van der Waals surface area contributed by atoms with Crippen molar-refractivity contribution in [3.05, 3.63) is 54.3 Å². The molecule has 5 nitrogen and oxygen atoms in total. The molecule has 0 saturated carbocycles. The average Bonchev–Trinajstić information content (AvgIpc) is 3.15. The van der Waals surface area contributed by atoms with Crippen molar-refractivity contribution in [2.45, 2.75) is 18.9 Å². The number of halogens is 1. The van der Waals surface area contributed by atoms with Gasteiger partial charge in [-0.25, -0.2) is 4.39 Å². The van der Waals surface area contributed by atoms with E-state index in [1.807, 2.05) is 24.3 Å². The summed E-state index contributed by atoms with van der Waals surface area (Å²) in [5.41, 5.74) is 0.959. The van der Waals surface area contributed by atoms with Gasteiger partial charge in [-0.3, -0.25) is 4.79 Å². The molecule has 25 heavy (non-hydrogen) atoms. The molecule has 1 aliphatic rings. The first-order chi connectivity index (χ1) is 12.2. The Morgan fingerprint density at radius 3 is 2.72 bits per heavy atom. The van der Waals surface area contributed by atoms with E-state index in [1.165, 1.54) is 12.1 Å². The average molecular weight is 344 g/mol. The third-order valence-corrected chi connectivity index (χ3v) is 3.92. The molecule has 1 fully saturated rings. The standard InChI is InChI=1S/C19H21FN2O3/c20-17-5-1-2-6-18(17)22-19(23)12-21-14-7-9-15(10-8-14)25-13-16-4-3-11-24-16/h1-2,5-10,16,21H,3-4,11-13H2,(H,22,23). The number of carbonyl (C=O) groups excluding carboxylic acids is 1. The maximum absolute atomic E-state index is 13.5. The topological polar surface area (TPSA) is 59.6 Å². The summed E-state index contributed by atoms with van der Waals surface area (Å²) in [4.78, 5) is 11.9. The van der Waals surface area contributed by atoms with Gasteiger partial charge in [0.2, 0.25) is 5.91 Å². The Labute approximate surface area is 146 Å². The van der Waals surface area contributed by atoms with Crippen LogP contribution >= 0.6 is 0 Å². The minimum atomic E-state index is -0.455. The zero-order valence-electron chi connectivity index (χ0n) is 13.8. The molecular formula is C19H21FN2O3. The van der Waals surface area contributed by atoms with E-state index in [1.54, 1.807) is 12.1 Å². The van der Waals surface area contributed by atoms with Crippen LogP contribution in [-0.2, 0) is 9.53 Å². The molecule has 0 bridgehead atoms. The lowest BCUT2D eigenvalue weighted by molar-refractivity contribution is -0.114. The molecule has 2 aromatic carbocycles. The Morgan fingerprint density at radius 1 is 1.20 bits per heavy atom. The summed E-state index contributed by atoms with van der Waals surface area (Å²) in [6.45, 7) is 1.41. The molecule has 1 amide bonds. The number of para-hydroxylation sites is 1. The van der Waals surface area contributed by atoms with Crippen LogP contribution in [0.25, 0.3) is 0 Å². The second-order valence-corrected chi connectivity index (χ2v) is 5.85. The summed E-state index contributed by atoms with van der Waals surface area (Å²) in [6.07, 6.45) is 2.31. The predicted octanol–water partition coefficient (Wildman–Crippen LogP) is 3.43. The fourth-order valence-electron chi connectivity index (χ4n) is 2.57. The second kappa shape index (κ2) is 8.48. The quantitative estimate of drug-likeness (QED) is 0.808. The van der Waals surface area contributed by atoms with Gasteiger partial charge in [0.05, 0.1) is 18.3 Å². The Morgan fingerprint density at radius 2 is 2.00 bits per heavy atom. The van der Waals surface area contributed by atoms with Gasteiger partial charge in [0.15, 0.2) is 0 Å². The van der Waals surface area contributed by atoms with Crippen molar-refractivity contribution >= 4 is 17.3 Å². The van der Waals surface area contributed by atoms with Gasteiger partial charge in [-0.05, 0) is 49.2 Å². The van der Waals surface area contributed by atoms with E-state index in [9.17, 15) is 9.18 Å². The van der Waals surface area contributed by atoms with Gasteiger partial charge >= 0.3 is 0 Å². The normalized spacial score (nSPS) is 16.4. The Kier molecular flexibility index (Phi) is 5.85. The molecule has 1 saturated heterocycles. The number of carbonyl (C=O) groups is 1. The van der Waals surface area contributed by atoms with E-state index in [-0.39, 0.29) is 24.2 Å². The fraction of sp³-hybridized carbons (Fsp3) is 0.316. The number of hydrogen-bond acceptors (Lipinski definition) is 4. The van der Waals surface area contributed by atoms with E-state index in [0.29, 0.717) is 6.61 Å². The third kappa shape index (κ3) is 5.19. The summed E-state index contributed by atoms with van der Waals surface area (Å²) in [5, 5.41) is 5.52. The maximum Gasteiger partial charge on any atom is 0.243 e. The van der Waals surface area contributed by atoms with Crippen LogP contribution in [0.5, 0.6) is 5.75 Å². The number of benzene rings is 2. The van der Waals surface area contributed by atoms with E-state index < -0.39 is 5.82 Å². The second-order valence-electron chi connectivity index (χ2n) is 5.85. The number of amides is 1. The van der Waals surface area contributed by atoms with Gasteiger partial charge in [0.25, 0.3) is 0 Å². The molecule has 0 aromatic heterocycles. The van der Waals surface area contributed by atoms with Crippen LogP contribution in [0, 0.1) is 5.82 Å². The molecule has 6 heteroatoms. The highest BCUT2D eigenvalue weighted by Crippen LogP contribution is 2.18. The summed E-state index contributed by atoms with van der Waals surface area (Å²) in [6, 6.07) is 13.4. The zero-order chi connectivity index (χ0) is 17.5. The Balaban J connectivity index is 1.43. The lowest BCUT2D eigenvalue weighted by Crippen LogP contribution is -2.22. The van der Waals surface area contributed by atoms with Crippen LogP contribution < -0.4 is 15.4 Å². The number of anilines is 2. The predicted molar refractivity (Wildman–Crippen MR) is 94.4 cm³/mol. The zero-order valence-corrected chi connectivity index (χ0v) is 13.8. The van der Waals surface area contributed by atoms with Crippen molar-refractivity contribution < 1.29 is 18.7 Å². The molecule has 1 heterocycles. The number of rotatable bonds is 7. The summed E-state index contributed by atoms with van der Waals surface area (Å²) >= 11 is 0. The highest BCUT2D eigenvalue weighted by molar-refractivity contribution is 5.93. The van der Waals surface area contributed by atoms with Crippen LogP contribution in [0.2, 0.25) is 0 Å². The van der Waals surface area contributed by atoms with Crippen LogP contribution in [0.4, 0.5) is 15.8 Å². The SMILES string of the molecule is O=C(CNc1ccc(OCC2CCCO2)cc1)Nc1ccccc1F. The summed E-state index contributed by atoms with van der Waals surface area (Å²) in [5.74, 6) is -0.00994. The van der Waals surface area contributed by atoms with Crippen LogP contribution in [0.1, 0.15) is 12.8 Å². The van der Waals surface area contributed by atoms with E-state index in [0.717, 1.165) is 30.9 Å². The molecule has 1 atom stereocenters. The van der Waals surface area contributed by atoms with E-state index in [4.69, 9.17) is 9.47 Å². The molecule has 1 unspecified atom stereocenters. The maximum atomic E-state index is 13.5. The lowest BCUT2D eigenvalue weighted by atomic mass is 10.2. The first-order valence-corrected chi connectivity index (χ1v) is 8.33. The van der Waals surface area contributed by atoms with Crippen molar-refractivity contribution in [2.75, 3.05) is 30.4 Å². The molecule has 2 aromatic rings. The van der Waals surface area contributed by atoms with Gasteiger partial charge in [0, 0.05) is 12.3 Å². The van der Waals surface area contributed by atoms with E-state index in [2.05, 4.69) is 10.6 Å². The van der Waals surface area contributed by atoms with Crippen LogP contribution in [0.15, 0.2) is 48.5 Å². The molecule has 0 radical (unpaired) electrons. The third-order valence-electron chi connectivity index (χ3n) is 3.92. The molecule has 2 N–H and O–H groups in total. The number of ether oxygens (including phenoxy) is 2. The smallest absolute Gasteiger partial charge is 0.243 e. The monoisotopic (exact) mass is 344 g/mol. The largest absolute Gasteiger partial charge is 0.491 e. The van der Waals surface area contributed by atoms with E-state index >= 15 is 0 Å². The van der Waals surface area contributed by atoms with Gasteiger partial charge in [-0.2, -0.15) is 0 Å². The molecule has 1 aliphatic heterocycles. The van der Waals surface area contributed by atoms with Crippen molar-refractivity contribution in [2.24, 2.45) is 0 Å². The van der Waals surface area contributed by atoms with Crippen LogP contribution in [0.3, 0.4) is 0 Å².